The van der Waals surface area contributed by atoms with Crippen molar-refractivity contribution < 1.29 is 9.13 Å². The number of halogens is 1. The lowest BCUT2D eigenvalue weighted by Crippen LogP contribution is -2.38. The minimum absolute atomic E-state index is 0.0496. The van der Waals surface area contributed by atoms with Crippen molar-refractivity contribution in [2.45, 2.75) is 31.9 Å². The molecule has 0 radical (unpaired) electrons. The lowest BCUT2D eigenvalue weighted by atomic mass is 10.0. The summed E-state index contributed by atoms with van der Waals surface area (Å²) in [6.45, 7) is 1.99. The van der Waals surface area contributed by atoms with Crippen molar-refractivity contribution in [3.8, 4) is 0 Å². The molecule has 0 saturated heterocycles. The minimum atomic E-state index is -0.307. The number of hydrogen-bond acceptors (Lipinski definition) is 3. The van der Waals surface area contributed by atoms with E-state index in [0.29, 0.717) is 12.1 Å². The first-order chi connectivity index (χ1) is 7.19. The van der Waals surface area contributed by atoms with Crippen LogP contribution in [0.2, 0.25) is 0 Å². The minimum Gasteiger partial charge on any atom is -0.380 e. The maximum Gasteiger partial charge on any atom is 0.144 e. The van der Waals surface area contributed by atoms with Crippen molar-refractivity contribution in [3.63, 3.8) is 0 Å². The quantitative estimate of drug-likeness (QED) is 0.805. The third kappa shape index (κ3) is 3.25. The lowest BCUT2D eigenvalue weighted by Gasteiger charge is -2.20. The van der Waals surface area contributed by atoms with Gasteiger partial charge in [-0.1, -0.05) is 6.92 Å². The summed E-state index contributed by atoms with van der Waals surface area (Å²) in [6.07, 6.45) is 2.73. The fourth-order valence-corrected chi connectivity index (χ4v) is 1.57. The number of nitrogens with two attached hydrogens (primary N) is 1. The molecule has 84 valence electrons. The van der Waals surface area contributed by atoms with Gasteiger partial charge >= 0.3 is 0 Å². The number of ether oxygens (including phenoxy) is 1. The molecule has 2 atom stereocenters. The molecule has 2 N–H and O–H groups in total. The molecule has 0 unspecified atom stereocenters. The van der Waals surface area contributed by atoms with Crippen LogP contribution in [-0.4, -0.2) is 24.2 Å². The van der Waals surface area contributed by atoms with Gasteiger partial charge in [0.25, 0.3) is 0 Å². The summed E-state index contributed by atoms with van der Waals surface area (Å²) in [6, 6.07) is 2.74. The zero-order valence-corrected chi connectivity index (χ0v) is 9.11. The number of aromatic nitrogens is 1. The van der Waals surface area contributed by atoms with Gasteiger partial charge in [-0.25, -0.2) is 4.39 Å². The molecule has 4 heteroatoms. The molecular formula is C11H17FN2O. The van der Waals surface area contributed by atoms with Gasteiger partial charge in [0, 0.05) is 25.8 Å². The van der Waals surface area contributed by atoms with Crippen LogP contribution in [-0.2, 0) is 11.2 Å². The van der Waals surface area contributed by atoms with Crippen molar-refractivity contribution in [1.29, 1.82) is 0 Å². The van der Waals surface area contributed by atoms with Crippen LogP contribution in [0.3, 0.4) is 0 Å². The predicted molar refractivity (Wildman–Crippen MR) is 57.0 cm³/mol. The van der Waals surface area contributed by atoms with Crippen LogP contribution in [0.15, 0.2) is 18.3 Å². The summed E-state index contributed by atoms with van der Waals surface area (Å²) >= 11 is 0. The van der Waals surface area contributed by atoms with Gasteiger partial charge in [-0.15, -0.1) is 0 Å². The predicted octanol–water partition coefficient (Wildman–Crippen LogP) is 1.52. The van der Waals surface area contributed by atoms with E-state index in [9.17, 15) is 4.39 Å². The van der Waals surface area contributed by atoms with Gasteiger partial charge in [0.05, 0.1) is 11.8 Å². The highest BCUT2D eigenvalue weighted by Crippen LogP contribution is 2.09. The average molecular weight is 212 g/mol. The summed E-state index contributed by atoms with van der Waals surface area (Å²) in [5.74, 6) is -0.307. The molecule has 0 bridgehead atoms. The monoisotopic (exact) mass is 212 g/mol. The SMILES string of the molecule is CC[C@@H](OC)[C@H](N)Cc1ncccc1F. The van der Waals surface area contributed by atoms with Gasteiger partial charge in [0.2, 0.25) is 0 Å². The van der Waals surface area contributed by atoms with Crippen molar-refractivity contribution in [2.75, 3.05) is 7.11 Å². The van der Waals surface area contributed by atoms with E-state index in [1.807, 2.05) is 6.92 Å². The lowest BCUT2D eigenvalue weighted by molar-refractivity contribution is 0.0768. The molecule has 1 heterocycles. The Kier molecular flexibility index (Phi) is 4.65. The molecule has 0 saturated carbocycles. The second-order valence-corrected chi connectivity index (χ2v) is 3.48. The van der Waals surface area contributed by atoms with Crippen molar-refractivity contribution in [2.24, 2.45) is 5.73 Å². The van der Waals surface area contributed by atoms with Crippen LogP contribution in [0.1, 0.15) is 19.0 Å². The average Bonchev–Trinajstić information content (AvgIpc) is 2.23. The smallest absolute Gasteiger partial charge is 0.144 e. The molecule has 1 aromatic heterocycles. The van der Waals surface area contributed by atoms with Gasteiger partial charge in [0.15, 0.2) is 0 Å². The highest BCUT2D eigenvalue weighted by Gasteiger charge is 2.17. The number of nitrogens with zero attached hydrogens (tertiary/aromatic N) is 1. The van der Waals surface area contributed by atoms with Crippen molar-refractivity contribution in [1.82, 2.24) is 4.98 Å². The Morgan fingerprint density at radius 3 is 2.87 bits per heavy atom. The van der Waals surface area contributed by atoms with E-state index in [-0.39, 0.29) is 18.0 Å². The second kappa shape index (κ2) is 5.78. The zero-order chi connectivity index (χ0) is 11.3. The van der Waals surface area contributed by atoms with Crippen LogP contribution < -0.4 is 5.73 Å². The maximum atomic E-state index is 13.3. The van der Waals surface area contributed by atoms with Gasteiger partial charge in [-0.05, 0) is 18.6 Å². The summed E-state index contributed by atoms with van der Waals surface area (Å²) in [4.78, 5) is 3.96. The van der Waals surface area contributed by atoms with E-state index in [1.165, 1.54) is 6.07 Å². The van der Waals surface area contributed by atoms with Gasteiger partial charge < -0.3 is 10.5 Å². The van der Waals surface area contributed by atoms with E-state index in [2.05, 4.69) is 4.98 Å². The molecule has 1 aromatic rings. The van der Waals surface area contributed by atoms with Crippen molar-refractivity contribution in [3.05, 3.63) is 29.8 Å². The van der Waals surface area contributed by atoms with Crippen LogP contribution in [0.4, 0.5) is 4.39 Å². The van der Waals surface area contributed by atoms with E-state index in [1.54, 1.807) is 19.4 Å². The molecule has 0 aromatic carbocycles. The normalized spacial score (nSPS) is 14.9. The molecular weight excluding hydrogens is 195 g/mol. The summed E-state index contributed by atoms with van der Waals surface area (Å²) < 4.78 is 18.5. The Bertz CT molecular complexity index is 302. The van der Waals surface area contributed by atoms with E-state index in [4.69, 9.17) is 10.5 Å². The number of hydrogen-bond donors (Lipinski definition) is 1. The van der Waals surface area contributed by atoms with Crippen LogP contribution in [0.25, 0.3) is 0 Å². The highest BCUT2D eigenvalue weighted by atomic mass is 19.1. The van der Waals surface area contributed by atoms with E-state index in [0.717, 1.165) is 6.42 Å². The number of methoxy groups -OCH3 is 1. The van der Waals surface area contributed by atoms with Gasteiger partial charge in [-0.3, -0.25) is 4.98 Å². The first-order valence-electron chi connectivity index (χ1n) is 5.06. The first-order valence-corrected chi connectivity index (χ1v) is 5.06. The highest BCUT2D eigenvalue weighted by molar-refractivity contribution is 5.08. The summed E-state index contributed by atoms with van der Waals surface area (Å²) in [5.41, 5.74) is 6.31. The van der Waals surface area contributed by atoms with E-state index < -0.39 is 0 Å². The van der Waals surface area contributed by atoms with Gasteiger partial charge in [-0.2, -0.15) is 0 Å². The largest absolute Gasteiger partial charge is 0.380 e. The molecule has 0 aliphatic rings. The van der Waals surface area contributed by atoms with Crippen LogP contribution >= 0.6 is 0 Å². The van der Waals surface area contributed by atoms with Gasteiger partial charge in [0.1, 0.15) is 5.82 Å². The standard InChI is InChI=1S/C11H17FN2O/c1-3-11(15-2)9(13)7-10-8(12)5-4-6-14-10/h4-6,9,11H,3,7,13H2,1-2H3/t9-,11-/m1/s1. The maximum absolute atomic E-state index is 13.3. The fraction of sp³-hybridized carbons (Fsp3) is 0.545. The van der Waals surface area contributed by atoms with Crippen LogP contribution in [0, 0.1) is 5.82 Å². The Balaban J connectivity index is 2.65. The van der Waals surface area contributed by atoms with Crippen LogP contribution in [0.5, 0.6) is 0 Å². The molecule has 0 aliphatic heterocycles. The van der Waals surface area contributed by atoms with E-state index >= 15 is 0 Å². The third-order valence-corrected chi connectivity index (χ3v) is 2.45. The first kappa shape index (κ1) is 12.1. The molecule has 1 rings (SSSR count). The fourth-order valence-electron chi connectivity index (χ4n) is 1.57. The third-order valence-electron chi connectivity index (χ3n) is 2.45. The van der Waals surface area contributed by atoms with Crippen molar-refractivity contribution >= 4 is 0 Å². The zero-order valence-electron chi connectivity index (χ0n) is 9.11. The molecule has 0 aliphatic carbocycles. The number of rotatable bonds is 5. The Labute approximate surface area is 89.5 Å². The Hall–Kier alpha value is -1.00. The number of pyridine rings is 1. The summed E-state index contributed by atoms with van der Waals surface area (Å²) in [5, 5.41) is 0. The molecule has 3 nitrogen and oxygen atoms in total. The topological polar surface area (TPSA) is 48.1 Å². The Morgan fingerprint density at radius 2 is 2.33 bits per heavy atom. The second-order valence-electron chi connectivity index (χ2n) is 3.48. The molecule has 0 fully saturated rings. The molecule has 0 amide bonds. The Morgan fingerprint density at radius 1 is 1.60 bits per heavy atom. The molecule has 15 heavy (non-hydrogen) atoms. The molecule has 0 spiro atoms. The summed E-state index contributed by atoms with van der Waals surface area (Å²) in [7, 11) is 1.61.